The molecule has 0 aliphatic rings. The Kier molecular flexibility index (Phi) is 7.96. The van der Waals surface area contributed by atoms with Gasteiger partial charge in [-0.05, 0) is 24.6 Å². The van der Waals surface area contributed by atoms with Gasteiger partial charge in [0.15, 0.2) is 0 Å². The number of rotatable bonds is 9. The second-order valence-corrected chi connectivity index (χ2v) is 9.00. The molecule has 2 aromatic carbocycles. The number of para-hydroxylation sites is 1. The zero-order chi connectivity index (χ0) is 22.3. The fourth-order valence-electron chi connectivity index (χ4n) is 2.88. The van der Waals surface area contributed by atoms with Crippen molar-refractivity contribution in [1.82, 2.24) is 14.5 Å². The number of carbonyl (C=O) groups excluding carboxylic acids is 2. The number of hydrogen-bond donors (Lipinski definition) is 1. The lowest BCUT2D eigenvalue weighted by Gasteiger charge is -2.32. The first kappa shape index (κ1) is 23.4. The number of anilines is 1. The summed E-state index contributed by atoms with van der Waals surface area (Å²) in [5.74, 6) is -0.815. The number of hydrogen-bond acceptors (Lipinski definition) is 4. The van der Waals surface area contributed by atoms with E-state index in [1.54, 1.807) is 37.3 Å². The first-order chi connectivity index (χ1) is 14.2. The molecule has 0 heterocycles. The maximum Gasteiger partial charge on any atom is 0.304 e. The molecule has 2 rings (SSSR count). The van der Waals surface area contributed by atoms with E-state index < -0.39 is 28.7 Å². The molecule has 0 aliphatic carbocycles. The lowest BCUT2D eigenvalue weighted by atomic mass is 10.1. The molecule has 162 valence electrons. The molecule has 0 saturated heterocycles. The summed E-state index contributed by atoms with van der Waals surface area (Å²) in [5, 5.41) is 2.55. The van der Waals surface area contributed by atoms with E-state index in [1.165, 1.54) is 26.0 Å². The van der Waals surface area contributed by atoms with E-state index in [9.17, 15) is 18.0 Å². The van der Waals surface area contributed by atoms with Crippen LogP contribution >= 0.6 is 0 Å². The van der Waals surface area contributed by atoms with Crippen molar-refractivity contribution >= 4 is 27.7 Å². The van der Waals surface area contributed by atoms with Gasteiger partial charge in [-0.2, -0.15) is 12.7 Å². The Morgan fingerprint density at radius 2 is 1.50 bits per heavy atom. The molecule has 0 aromatic heterocycles. The largest absolute Gasteiger partial charge is 0.357 e. The fourth-order valence-corrected chi connectivity index (χ4v) is 3.94. The SMILES string of the molecule is CNC(=O)[C@@H](C)N(Cc1ccccc1)C(=O)CN(c1ccccc1)S(=O)(=O)N(C)C. The molecule has 0 spiro atoms. The fraction of sp³-hybridized carbons (Fsp3) is 0.333. The molecule has 9 heteroatoms. The Hall–Kier alpha value is -2.91. The molecular formula is C21H28N4O4S. The number of carbonyl (C=O) groups is 2. The van der Waals surface area contributed by atoms with Crippen molar-refractivity contribution < 1.29 is 18.0 Å². The van der Waals surface area contributed by atoms with Gasteiger partial charge in [0.2, 0.25) is 11.8 Å². The molecule has 0 unspecified atom stereocenters. The Bertz CT molecular complexity index is 949. The van der Waals surface area contributed by atoms with Gasteiger partial charge in [0.05, 0.1) is 5.69 Å². The molecule has 1 atom stereocenters. The van der Waals surface area contributed by atoms with Crippen LogP contribution in [0.1, 0.15) is 12.5 Å². The molecule has 0 aliphatic heterocycles. The molecule has 2 aromatic rings. The molecule has 30 heavy (non-hydrogen) atoms. The zero-order valence-corrected chi connectivity index (χ0v) is 18.5. The maximum absolute atomic E-state index is 13.3. The summed E-state index contributed by atoms with van der Waals surface area (Å²) >= 11 is 0. The van der Waals surface area contributed by atoms with E-state index in [0.717, 1.165) is 14.2 Å². The molecule has 2 amide bonds. The van der Waals surface area contributed by atoms with E-state index in [2.05, 4.69) is 5.32 Å². The topological polar surface area (TPSA) is 90.0 Å². The second-order valence-electron chi connectivity index (χ2n) is 6.93. The van der Waals surface area contributed by atoms with Crippen molar-refractivity contribution in [3.63, 3.8) is 0 Å². The normalized spacial score (nSPS) is 12.3. The van der Waals surface area contributed by atoms with Crippen molar-refractivity contribution in [1.29, 1.82) is 0 Å². The number of benzene rings is 2. The van der Waals surface area contributed by atoms with Crippen LogP contribution in [0.15, 0.2) is 60.7 Å². The third-order valence-corrected chi connectivity index (χ3v) is 6.49. The van der Waals surface area contributed by atoms with E-state index in [0.29, 0.717) is 5.69 Å². The number of nitrogens with one attached hydrogen (secondary N) is 1. The highest BCUT2D eigenvalue weighted by Gasteiger charge is 2.32. The number of nitrogens with zero attached hydrogens (tertiary/aromatic N) is 3. The van der Waals surface area contributed by atoms with Crippen LogP contribution in [0.2, 0.25) is 0 Å². The number of amides is 2. The van der Waals surface area contributed by atoms with Crippen LogP contribution in [0.25, 0.3) is 0 Å². The van der Waals surface area contributed by atoms with Crippen LogP contribution < -0.4 is 9.62 Å². The Labute approximate surface area is 178 Å². The second kappa shape index (κ2) is 10.2. The molecule has 1 N–H and O–H groups in total. The summed E-state index contributed by atoms with van der Waals surface area (Å²) in [6.07, 6.45) is 0. The van der Waals surface area contributed by atoms with E-state index >= 15 is 0 Å². The summed E-state index contributed by atoms with van der Waals surface area (Å²) in [6, 6.07) is 16.9. The van der Waals surface area contributed by atoms with Crippen molar-refractivity contribution in [3.8, 4) is 0 Å². The number of likely N-dealkylation sites (N-methyl/N-ethyl adjacent to an activating group) is 1. The predicted octanol–water partition coefficient (Wildman–Crippen LogP) is 1.46. The summed E-state index contributed by atoms with van der Waals surface area (Å²) in [4.78, 5) is 26.9. The van der Waals surface area contributed by atoms with Crippen LogP contribution in [0.5, 0.6) is 0 Å². The first-order valence-corrected chi connectivity index (χ1v) is 10.9. The van der Waals surface area contributed by atoms with Gasteiger partial charge in [-0.3, -0.25) is 9.59 Å². The van der Waals surface area contributed by atoms with Gasteiger partial charge in [0, 0.05) is 27.7 Å². The minimum atomic E-state index is -3.93. The highest BCUT2D eigenvalue weighted by Crippen LogP contribution is 2.20. The smallest absolute Gasteiger partial charge is 0.304 e. The Morgan fingerprint density at radius 1 is 0.967 bits per heavy atom. The van der Waals surface area contributed by atoms with Crippen LogP contribution in [0, 0.1) is 0 Å². The van der Waals surface area contributed by atoms with Gasteiger partial charge in [0.25, 0.3) is 0 Å². The standard InChI is InChI=1S/C21H28N4O4S/c1-17(21(27)22-2)24(15-18-11-7-5-8-12-18)20(26)16-25(30(28,29)23(3)4)19-13-9-6-10-14-19/h5-14,17H,15-16H2,1-4H3,(H,22,27)/t17-/m1/s1. The van der Waals surface area contributed by atoms with Crippen LogP contribution in [-0.4, -0.2) is 63.2 Å². The van der Waals surface area contributed by atoms with Crippen molar-refractivity contribution in [3.05, 3.63) is 66.2 Å². The average Bonchev–Trinajstić information content (AvgIpc) is 2.75. The monoisotopic (exact) mass is 432 g/mol. The molecule has 0 bridgehead atoms. The molecule has 0 radical (unpaired) electrons. The highest BCUT2D eigenvalue weighted by molar-refractivity contribution is 7.90. The summed E-state index contributed by atoms with van der Waals surface area (Å²) in [5.41, 5.74) is 1.20. The first-order valence-electron chi connectivity index (χ1n) is 9.48. The van der Waals surface area contributed by atoms with Crippen molar-refractivity contribution in [2.75, 3.05) is 32.0 Å². The lowest BCUT2D eigenvalue weighted by molar-refractivity contribution is -0.139. The summed E-state index contributed by atoms with van der Waals surface area (Å²) in [6.45, 7) is 1.37. The van der Waals surface area contributed by atoms with Gasteiger partial charge in [-0.25, -0.2) is 4.31 Å². The minimum Gasteiger partial charge on any atom is -0.357 e. The molecular weight excluding hydrogens is 404 g/mol. The van der Waals surface area contributed by atoms with Gasteiger partial charge in [-0.1, -0.05) is 48.5 Å². The van der Waals surface area contributed by atoms with Crippen molar-refractivity contribution in [2.24, 2.45) is 0 Å². The maximum atomic E-state index is 13.3. The average molecular weight is 433 g/mol. The van der Waals surface area contributed by atoms with Gasteiger partial charge < -0.3 is 10.2 Å². The summed E-state index contributed by atoms with van der Waals surface area (Å²) in [7, 11) is 0.385. The van der Waals surface area contributed by atoms with Crippen LogP contribution in [0.4, 0.5) is 5.69 Å². The minimum absolute atomic E-state index is 0.179. The predicted molar refractivity (Wildman–Crippen MR) is 117 cm³/mol. The van der Waals surface area contributed by atoms with Crippen molar-refractivity contribution in [2.45, 2.75) is 19.5 Å². The third kappa shape index (κ3) is 5.58. The van der Waals surface area contributed by atoms with Gasteiger partial charge >= 0.3 is 10.2 Å². The molecule has 0 saturated carbocycles. The van der Waals surface area contributed by atoms with Gasteiger partial charge in [0.1, 0.15) is 12.6 Å². The Balaban J connectivity index is 2.39. The van der Waals surface area contributed by atoms with Crippen LogP contribution in [-0.2, 0) is 26.3 Å². The zero-order valence-electron chi connectivity index (χ0n) is 17.6. The van der Waals surface area contributed by atoms with E-state index in [1.807, 2.05) is 30.3 Å². The van der Waals surface area contributed by atoms with E-state index in [4.69, 9.17) is 0 Å². The van der Waals surface area contributed by atoms with Crippen LogP contribution in [0.3, 0.4) is 0 Å². The quantitative estimate of drug-likeness (QED) is 0.650. The summed E-state index contributed by atoms with van der Waals surface area (Å²) < 4.78 is 27.9. The third-order valence-electron chi connectivity index (χ3n) is 4.67. The Morgan fingerprint density at radius 3 is 2.00 bits per heavy atom. The lowest BCUT2D eigenvalue weighted by Crippen LogP contribution is -2.52. The highest BCUT2D eigenvalue weighted by atomic mass is 32.2. The van der Waals surface area contributed by atoms with E-state index in [-0.39, 0.29) is 12.5 Å². The van der Waals surface area contributed by atoms with Gasteiger partial charge in [-0.15, -0.1) is 0 Å². The molecule has 8 nitrogen and oxygen atoms in total. The molecule has 0 fully saturated rings.